The lowest BCUT2D eigenvalue weighted by molar-refractivity contribution is 0.0980. The van der Waals surface area contributed by atoms with Crippen molar-refractivity contribution in [2.24, 2.45) is 11.3 Å². The van der Waals surface area contributed by atoms with E-state index < -0.39 is 10.0 Å². The molecule has 6 nitrogen and oxygen atoms in total. The standard InChI is InChI=1S/C30H35N3O3S/c1-37(35,36)32-24-9-10-27-26(18-24)30(15-13-29(11-12-29)14-16-30)20-33(27)28(34)23-8-4-7-22(17-23)25(19-31)21-5-2-3-6-21/h4,7-10,17-18,21,25,32H,2-3,5-6,11-16,20H2,1H3. The highest BCUT2D eigenvalue weighted by Gasteiger charge is 2.53. The average Bonchev–Trinajstić information content (AvgIpc) is 3.28. The number of nitrogens with zero attached hydrogens (tertiary/aromatic N) is 2. The van der Waals surface area contributed by atoms with Crippen molar-refractivity contribution >= 4 is 27.3 Å². The Morgan fingerprint density at radius 1 is 1.05 bits per heavy atom. The number of anilines is 2. The third kappa shape index (κ3) is 4.54. The molecule has 4 aliphatic rings. The quantitative estimate of drug-likeness (QED) is 0.518. The number of benzene rings is 2. The normalized spacial score (nSPS) is 22.5. The summed E-state index contributed by atoms with van der Waals surface area (Å²) >= 11 is 0. The highest BCUT2D eigenvalue weighted by molar-refractivity contribution is 7.92. The van der Waals surface area contributed by atoms with E-state index in [1.54, 1.807) is 6.07 Å². The van der Waals surface area contributed by atoms with E-state index in [2.05, 4.69) is 10.8 Å². The number of hydrogen-bond acceptors (Lipinski definition) is 4. The molecule has 3 fully saturated rings. The molecule has 0 radical (unpaired) electrons. The maximum Gasteiger partial charge on any atom is 0.258 e. The Balaban J connectivity index is 1.34. The highest BCUT2D eigenvalue weighted by atomic mass is 32.2. The van der Waals surface area contributed by atoms with Crippen LogP contribution >= 0.6 is 0 Å². The van der Waals surface area contributed by atoms with Crippen LogP contribution in [-0.2, 0) is 15.4 Å². The van der Waals surface area contributed by atoms with Crippen molar-refractivity contribution in [3.63, 3.8) is 0 Å². The average molecular weight is 518 g/mol. The summed E-state index contributed by atoms with van der Waals surface area (Å²) in [6, 6.07) is 15.8. The zero-order valence-electron chi connectivity index (χ0n) is 21.5. The van der Waals surface area contributed by atoms with Crippen molar-refractivity contribution in [2.75, 3.05) is 22.4 Å². The summed E-state index contributed by atoms with van der Waals surface area (Å²) < 4.78 is 26.5. The first-order chi connectivity index (χ1) is 17.7. The van der Waals surface area contributed by atoms with Crippen LogP contribution in [0.3, 0.4) is 0 Å². The molecule has 1 atom stereocenters. The molecule has 1 N–H and O–H groups in total. The molecule has 2 spiro atoms. The largest absolute Gasteiger partial charge is 0.307 e. The van der Waals surface area contributed by atoms with Crippen molar-refractivity contribution < 1.29 is 13.2 Å². The van der Waals surface area contributed by atoms with Crippen molar-refractivity contribution in [1.82, 2.24) is 0 Å². The van der Waals surface area contributed by atoms with Crippen LogP contribution in [-0.4, -0.2) is 27.1 Å². The first-order valence-corrected chi connectivity index (χ1v) is 15.5. The van der Waals surface area contributed by atoms with Gasteiger partial charge in [0.25, 0.3) is 5.91 Å². The lowest BCUT2D eigenvalue weighted by Crippen LogP contribution is -2.40. The molecule has 1 unspecified atom stereocenters. The summed E-state index contributed by atoms with van der Waals surface area (Å²) in [7, 11) is -3.40. The Morgan fingerprint density at radius 3 is 2.41 bits per heavy atom. The lowest BCUT2D eigenvalue weighted by atomic mass is 9.66. The molecule has 2 aromatic rings. The minimum Gasteiger partial charge on any atom is -0.307 e. The molecule has 1 aliphatic heterocycles. The summed E-state index contributed by atoms with van der Waals surface area (Å²) in [5, 5.41) is 9.94. The molecule has 37 heavy (non-hydrogen) atoms. The number of hydrogen-bond donors (Lipinski definition) is 1. The van der Waals surface area contributed by atoms with E-state index in [9.17, 15) is 18.5 Å². The Hall–Kier alpha value is -2.85. The zero-order valence-corrected chi connectivity index (χ0v) is 22.3. The fourth-order valence-electron chi connectivity index (χ4n) is 7.25. The third-order valence-corrected chi connectivity index (χ3v) is 10.2. The van der Waals surface area contributed by atoms with Gasteiger partial charge in [0.05, 0.1) is 18.2 Å². The van der Waals surface area contributed by atoms with Crippen molar-refractivity contribution in [2.45, 2.75) is 75.5 Å². The number of rotatable bonds is 5. The Bertz CT molecular complexity index is 1370. The number of fused-ring (bicyclic) bond motifs is 2. The van der Waals surface area contributed by atoms with Gasteiger partial charge in [0, 0.05) is 28.9 Å². The molecule has 0 bridgehead atoms. The molecule has 0 saturated heterocycles. The van der Waals surface area contributed by atoms with E-state index in [0.717, 1.165) is 48.8 Å². The van der Waals surface area contributed by atoms with Gasteiger partial charge in [-0.1, -0.05) is 25.0 Å². The summed E-state index contributed by atoms with van der Waals surface area (Å²) in [6.45, 7) is 0.619. The van der Waals surface area contributed by atoms with Crippen LogP contribution in [0.1, 0.15) is 91.6 Å². The molecule has 0 aromatic heterocycles. The van der Waals surface area contributed by atoms with Gasteiger partial charge in [0.1, 0.15) is 0 Å². The van der Waals surface area contributed by atoms with Crippen LogP contribution in [0.25, 0.3) is 0 Å². The van der Waals surface area contributed by atoms with Gasteiger partial charge < -0.3 is 4.90 Å². The lowest BCUT2D eigenvalue weighted by Gasteiger charge is -2.38. The van der Waals surface area contributed by atoms with Gasteiger partial charge in [-0.25, -0.2) is 8.42 Å². The molecular weight excluding hydrogens is 482 g/mol. The van der Waals surface area contributed by atoms with Crippen molar-refractivity contribution in [3.8, 4) is 6.07 Å². The maximum atomic E-state index is 14.0. The predicted molar refractivity (Wildman–Crippen MR) is 145 cm³/mol. The second-order valence-corrected chi connectivity index (χ2v) is 13.8. The molecule has 2 aromatic carbocycles. The van der Waals surface area contributed by atoms with Gasteiger partial charge in [-0.3, -0.25) is 9.52 Å². The number of carbonyl (C=O) groups is 1. The Labute approximate surface area is 220 Å². The van der Waals surface area contributed by atoms with Gasteiger partial charge in [0.2, 0.25) is 10.0 Å². The number of nitriles is 1. The van der Waals surface area contributed by atoms with Crippen LogP contribution in [0.5, 0.6) is 0 Å². The van der Waals surface area contributed by atoms with Crippen LogP contribution in [0.4, 0.5) is 11.4 Å². The van der Waals surface area contributed by atoms with Gasteiger partial charge in [0.15, 0.2) is 0 Å². The molecule has 3 saturated carbocycles. The molecule has 1 heterocycles. The number of nitrogens with one attached hydrogen (secondary N) is 1. The first-order valence-electron chi connectivity index (χ1n) is 13.6. The number of amides is 1. The summed E-state index contributed by atoms with van der Waals surface area (Å²) in [6.07, 6.45) is 12.6. The summed E-state index contributed by atoms with van der Waals surface area (Å²) in [5.41, 5.74) is 4.44. The summed E-state index contributed by atoms with van der Waals surface area (Å²) in [5.74, 6) is 0.146. The molecular formula is C30H35N3O3S. The van der Waals surface area contributed by atoms with E-state index in [-0.39, 0.29) is 17.2 Å². The first kappa shape index (κ1) is 24.5. The van der Waals surface area contributed by atoms with Gasteiger partial charge >= 0.3 is 0 Å². The SMILES string of the molecule is CS(=O)(=O)Nc1ccc2c(c1)C1(CCC3(CC3)CC1)CN2C(=O)c1cccc(C(C#N)C2CCCC2)c1. The van der Waals surface area contributed by atoms with E-state index in [4.69, 9.17) is 0 Å². The minimum atomic E-state index is -3.40. The molecule has 1 amide bonds. The van der Waals surface area contributed by atoms with E-state index in [1.807, 2.05) is 41.3 Å². The topological polar surface area (TPSA) is 90.3 Å². The number of sulfonamides is 1. The summed E-state index contributed by atoms with van der Waals surface area (Å²) in [4.78, 5) is 15.9. The second kappa shape index (κ2) is 8.87. The van der Waals surface area contributed by atoms with Crippen LogP contribution in [0.15, 0.2) is 42.5 Å². The van der Waals surface area contributed by atoms with Crippen molar-refractivity contribution in [1.29, 1.82) is 5.26 Å². The van der Waals surface area contributed by atoms with Crippen LogP contribution in [0.2, 0.25) is 0 Å². The van der Waals surface area contributed by atoms with Gasteiger partial charge in [-0.15, -0.1) is 0 Å². The molecule has 7 heteroatoms. The van der Waals surface area contributed by atoms with Crippen LogP contribution in [0, 0.1) is 22.7 Å². The predicted octanol–water partition coefficient (Wildman–Crippen LogP) is 6.11. The van der Waals surface area contributed by atoms with Gasteiger partial charge in [-0.05, 0) is 104 Å². The monoisotopic (exact) mass is 517 g/mol. The maximum absolute atomic E-state index is 14.0. The third-order valence-electron chi connectivity index (χ3n) is 9.60. The van der Waals surface area contributed by atoms with E-state index >= 15 is 0 Å². The Morgan fingerprint density at radius 2 is 1.76 bits per heavy atom. The molecule has 194 valence electrons. The second-order valence-electron chi connectivity index (χ2n) is 12.1. The van der Waals surface area contributed by atoms with Crippen LogP contribution < -0.4 is 9.62 Å². The zero-order chi connectivity index (χ0) is 25.8. The van der Waals surface area contributed by atoms with Gasteiger partial charge in [-0.2, -0.15) is 5.26 Å². The number of carbonyl (C=O) groups excluding carboxylic acids is 1. The fraction of sp³-hybridized carbons (Fsp3) is 0.533. The minimum absolute atomic E-state index is 0.0429. The Kier molecular flexibility index (Phi) is 5.87. The molecule has 6 rings (SSSR count). The van der Waals surface area contributed by atoms with Crippen molar-refractivity contribution in [3.05, 3.63) is 59.2 Å². The smallest absolute Gasteiger partial charge is 0.258 e. The van der Waals surface area contributed by atoms with E-state index in [1.165, 1.54) is 38.5 Å². The highest BCUT2D eigenvalue weighted by Crippen LogP contribution is 2.62. The van der Waals surface area contributed by atoms with E-state index in [0.29, 0.717) is 29.1 Å². The molecule has 3 aliphatic carbocycles. The fourth-order valence-corrected chi connectivity index (χ4v) is 7.81.